The van der Waals surface area contributed by atoms with E-state index in [1.165, 1.54) is 6.07 Å². The van der Waals surface area contributed by atoms with Gasteiger partial charge in [-0.3, -0.25) is 0 Å². The molecule has 0 aliphatic carbocycles. The van der Waals surface area contributed by atoms with Crippen LogP contribution >= 0.6 is 0 Å². The van der Waals surface area contributed by atoms with Crippen molar-refractivity contribution in [3.8, 4) is 5.75 Å². The van der Waals surface area contributed by atoms with Gasteiger partial charge in [-0.15, -0.1) is 13.2 Å². The minimum atomic E-state index is -4.76. The van der Waals surface area contributed by atoms with E-state index in [9.17, 15) is 13.2 Å². The zero-order valence-electron chi connectivity index (χ0n) is 12.4. The van der Waals surface area contributed by atoms with Gasteiger partial charge < -0.3 is 20.7 Å². The highest BCUT2D eigenvalue weighted by molar-refractivity contribution is 5.95. The molecule has 1 aromatic rings. The van der Waals surface area contributed by atoms with E-state index in [2.05, 4.69) is 32.2 Å². The summed E-state index contributed by atoms with van der Waals surface area (Å²) in [6.45, 7) is 1.69. The third-order valence-corrected chi connectivity index (χ3v) is 3.03. The number of guanidine groups is 2. The molecule has 1 aliphatic rings. The Balaban J connectivity index is 2.09. The smallest absolute Gasteiger partial charge is 0.397 e. The summed E-state index contributed by atoms with van der Waals surface area (Å²) in [7, 11) is 1.62. The first-order chi connectivity index (χ1) is 10.9. The second-order valence-electron chi connectivity index (χ2n) is 4.73. The van der Waals surface area contributed by atoms with Crippen molar-refractivity contribution in [1.29, 1.82) is 0 Å². The number of ether oxygens (including phenoxy) is 1. The highest BCUT2D eigenvalue weighted by atomic mass is 19.4. The third kappa shape index (κ3) is 5.25. The van der Waals surface area contributed by atoms with Crippen LogP contribution < -0.4 is 15.8 Å². The van der Waals surface area contributed by atoms with E-state index in [1.54, 1.807) is 7.05 Å². The van der Waals surface area contributed by atoms with E-state index in [0.717, 1.165) is 32.0 Å². The Kier molecular flexibility index (Phi) is 5.16. The van der Waals surface area contributed by atoms with Gasteiger partial charge in [-0.2, -0.15) is 4.99 Å². The van der Waals surface area contributed by atoms with Crippen LogP contribution in [0.3, 0.4) is 0 Å². The van der Waals surface area contributed by atoms with Crippen LogP contribution in [0.4, 0.5) is 18.9 Å². The molecule has 9 heteroatoms. The molecule has 0 aromatic heterocycles. The van der Waals surface area contributed by atoms with Gasteiger partial charge in [0, 0.05) is 20.1 Å². The second kappa shape index (κ2) is 7.09. The first-order valence-corrected chi connectivity index (χ1v) is 6.93. The summed E-state index contributed by atoms with van der Waals surface area (Å²) < 4.78 is 39.9. The standard InChI is InChI=1S/C14H16F3N5O/c1-19-13(21-12(18)22-8-2-3-9-22)20-10-4-6-11(7-5-10)23-14(15,16)17/h4,6H,2-3,8-9H2,1H3,(H3,18,19,20,21). The van der Waals surface area contributed by atoms with Gasteiger partial charge in [0.2, 0.25) is 5.96 Å². The molecule has 0 radical (unpaired) electrons. The Morgan fingerprint density at radius 1 is 1.30 bits per heavy atom. The summed E-state index contributed by atoms with van der Waals surface area (Å²) in [5.41, 5.74) is 6.15. The van der Waals surface area contributed by atoms with Crippen LogP contribution in [-0.4, -0.2) is 43.3 Å². The number of nitrogens with zero attached hydrogens (tertiary/aromatic N) is 3. The second-order valence-corrected chi connectivity index (χ2v) is 4.73. The molecular weight excluding hydrogens is 311 g/mol. The maximum atomic E-state index is 12.1. The fourth-order valence-corrected chi connectivity index (χ4v) is 1.99. The SMILES string of the molecule is CNC(=Nc1c#cc(OC(F)(F)F)cc1)N=C(N)N1CCCC1. The van der Waals surface area contributed by atoms with Gasteiger partial charge in [0.1, 0.15) is 5.69 Å². The number of alkyl halides is 3. The number of nitrogens with one attached hydrogen (secondary N) is 1. The lowest BCUT2D eigenvalue weighted by molar-refractivity contribution is -0.274. The fourth-order valence-electron chi connectivity index (χ4n) is 1.99. The van der Waals surface area contributed by atoms with Gasteiger partial charge in [-0.1, -0.05) is 0 Å². The molecule has 0 spiro atoms. The van der Waals surface area contributed by atoms with Gasteiger partial charge >= 0.3 is 6.36 Å². The number of likely N-dealkylation sites (tertiary alicyclic amines) is 1. The number of aliphatic imine (C=N–C) groups is 2. The minimum Gasteiger partial charge on any atom is -0.397 e. The molecule has 0 amide bonds. The monoisotopic (exact) mass is 327 g/mol. The maximum Gasteiger partial charge on any atom is 0.573 e. The molecule has 0 unspecified atom stereocenters. The van der Waals surface area contributed by atoms with Crippen LogP contribution in [0.5, 0.6) is 5.75 Å². The molecule has 3 N–H and O–H groups in total. The maximum absolute atomic E-state index is 12.1. The van der Waals surface area contributed by atoms with Crippen molar-refractivity contribution in [2.24, 2.45) is 15.7 Å². The lowest BCUT2D eigenvalue weighted by atomic mass is 10.3. The molecule has 23 heavy (non-hydrogen) atoms. The average molecular weight is 327 g/mol. The number of rotatable bonds is 2. The van der Waals surface area contributed by atoms with Crippen molar-refractivity contribution < 1.29 is 17.9 Å². The van der Waals surface area contributed by atoms with Crippen LogP contribution in [0.2, 0.25) is 0 Å². The zero-order chi connectivity index (χ0) is 16.9. The molecule has 1 aliphatic heterocycles. The van der Waals surface area contributed by atoms with Crippen LogP contribution in [0, 0.1) is 12.1 Å². The van der Waals surface area contributed by atoms with Crippen molar-refractivity contribution in [3.63, 3.8) is 0 Å². The van der Waals surface area contributed by atoms with Crippen LogP contribution in [-0.2, 0) is 0 Å². The van der Waals surface area contributed by atoms with E-state index >= 15 is 0 Å². The number of nitrogens with two attached hydrogens (primary N) is 1. The zero-order valence-corrected chi connectivity index (χ0v) is 12.4. The highest BCUT2D eigenvalue weighted by Gasteiger charge is 2.31. The molecule has 0 atom stereocenters. The predicted molar refractivity (Wildman–Crippen MR) is 79.4 cm³/mol. The molecule has 1 aromatic carbocycles. The predicted octanol–water partition coefficient (Wildman–Crippen LogP) is 1.80. The largest absolute Gasteiger partial charge is 0.573 e. The fraction of sp³-hybridized carbons (Fsp3) is 0.429. The van der Waals surface area contributed by atoms with E-state index in [-0.39, 0.29) is 11.6 Å². The highest BCUT2D eigenvalue weighted by Crippen LogP contribution is 2.22. The third-order valence-electron chi connectivity index (χ3n) is 3.03. The average Bonchev–Trinajstić information content (AvgIpc) is 3.01. The van der Waals surface area contributed by atoms with Crippen molar-refractivity contribution in [3.05, 3.63) is 24.3 Å². The van der Waals surface area contributed by atoms with Crippen molar-refractivity contribution in [2.45, 2.75) is 19.2 Å². The van der Waals surface area contributed by atoms with Gasteiger partial charge in [0.05, 0.1) is 0 Å². The number of hydrogen-bond acceptors (Lipinski definition) is 2. The molecule has 1 heterocycles. The van der Waals surface area contributed by atoms with Gasteiger partial charge in [0.15, 0.2) is 11.7 Å². The molecule has 1 fully saturated rings. The lowest BCUT2D eigenvalue weighted by Crippen LogP contribution is -2.36. The number of hydrogen-bond donors (Lipinski definition) is 2. The van der Waals surface area contributed by atoms with Crippen molar-refractivity contribution >= 4 is 17.6 Å². The molecule has 1 saturated heterocycles. The Morgan fingerprint density at radius 2 is 2.00 bits per heavy atom. The van der Waals surface area contributed by atoms with Crippen LogP contribution in [0.25, 0.3) is 0 Å². The normalized spacial score (nSPS) is 16.3. The summed E-state index contributed by atoms with van der Waals surface area (Å²) in [6.07, 6.45) is -2.64. The molecular formula is C14H16F3N5O. The summed E-state index contributed by atoms with van der Waals surface area (Å²) in [4.78, 5) is 10.2. The minimum absolute atomic E-state index is 0.225. The van der Waals surface area contributed by atoms with E-state index in [0.29, 0.717) is 5.96 Å². The summed E-state index contributed by atoms with van der Waals surface area (Å²) in [5.74, 6) is 0.0858. The van der Waals surface area contributed by atoms with E-state index < -0.39 is 12.1 Å². The lowest BCUT2D eigenvalue weighted by Gasteiger charge is -2.15. The summed E-state index contributed by atoms with van der Waals surface area (Å²) in [6, 6.07) is 7.12. The van der Waals surface area contributed by atoms with Gasteiger partial charge in [-0.05, 0) is 37.1 Å². The Morgan fingerprint density at radius 3 is 2.52 bits per heavy atom. The topological polar surface area (TPSA) is 75.2 Å². The molecule has 0 saturated carbocycles. The molecule has 6 nitrogen and oxygen atoms in total. The Labute approximate surface area is 131 Å². The van der Waals surface area contributed by atoms with Crippen molar-refractivity contribution in [2.75, 3.05) is 20.1 Å². The van der Waals surface area contributed by atoms with E-state index in [4.69, 9.17) is 5.73 Å². The first-order valence-electron chi connectivity index (χ1n) is 6.93. The first kappa shape index (κ1) is 16.7. The van der Waals surface area contributed by atoms with E-state index in [1.807, 2.05) is 4.90 Å². The number of halogens is 3. The molecule has 0 bridgehead atoms. The van der Waals surface area contributed by atoms with Crippen LogP contribution in [0.1, 0.15) is 12.8 Å². The Hall–Kier alpha value is -2.63. The molecule has 124 valence electrons. The molecule has 2 rings (SSSR count). The quantitative estimate of drug-likeness (QED) is 0.642. The van der Waals surface area contributed by atoms with Crippen molar-refractivity contribution in [1.82, 2.24) is 10.2 Å². The summed E-state index contributed by atoms with van der Waals surface area (Å²) in [5, 5.41) is 2.77. The van der Waals surface area contributed by atoms with Gasteiger partial charge in [0.25, 0.3) is 0 Å². The summed E-state index contributed by atoms with van der Waals surface area (Å²) >= 11 is 0. The van der Waals surface area contributed by atoms with Gasteiger partial charge in [-0.25, -0.2) is 4.99 Å². The van der Waals surface area contributed by atoms with Crippen LogP contribution in [0.15, 0.2) is 22.1 Å². The Bertz CT molecular complexity index is 577.